The molecule has 0 saturated carbocycles. The van der Waals surface area contributed by atoms with E-state index in [1.54, 1.807) is 0 Å². The van der Waals surface area contributed by atoms with Crippen molar-refractivity contribution in [2.45, 2.75) is 26.2 Å². The van der Waals surface area contributed by atoms with E-state index in [2.05, 4.69) is 4.98 Å². The van der Waals surface area contributed by atoms with Crippen molar-refractivity contribution in [2.75, 3.05) is 0 Å². The Balaban J connectivity index is 2.70. The van der Waals surface area contributed by atoms with Gasteiger partial charge < -0.3 is 17.5 Å². The van der Waals surface area contributed by atoms with Crippen LogP contribution in [0.3, 0.4) is 0 Å². The second-order valence-electron chi connectivity index (χ2n) is 2.96. The Morgan fingerprint density at radius 2 is 2.15 bits per heavy atom. The van der Waals surface area contributed by atoms with Crippen LogP contribution in [-0.4, -0.2) is 16.5 Å². The Morgan fingerprint density at radius 1 is 1.46 bits per heavy atom. The second kappa shape index (κ2) is 3.85. The Labute approximate surface area is 74.8 Å². The molecule has 1 rings (SSSR count). The molecule has 0 aliphatic rings. The molecule has 0 radical (unpaired) electrons. The maximum Gasteiger partial charge on any atom is 0.497 e. The number of imidazole rings is 1. The smallest absolute Gasteiger partial charge is 0.448 e. The minimum Gasteiger partial charge on any atom is -0.448 e. The molecule has 0 N–H and O–H groups in total. The van der Waals surface area contributed by atoms with Crippen LogP contribution in [0.15, 0.2) is 12.4 Å². The zero-order valence-electron chi connectivity index (χ0n) is 7.38. The molecule has 0 amide bonds. The molecule has 74 valence electrons. The summed E-state index contributed by atoms with van der Waals surface area (Å²) in [6.45, 7) is -2.85. The summed E-state index contributed by atoms with van der Waals surface area (Å²) in [6, 6.07) is 0. The lowest BCUT2D eigenvalue weighted by atomic mass is 9.92. The Morgan fingerprint density at radius 3 is 2.69 bits per heavy atom. The average molecular weight is 191 g/mol. The van der Waals surface area contributed by atoms with Crippen molar-refractivity contribution in [2.24, 2.45) is 0 Å². The number of halogens is 3. The van der Waals surface area contributed by atoms with E-state index in [-0.39, 0.29) is 0 Å². The summed E-state index contributed by atoms with van der Waals surface area (Å²) in [5, 5.41) is 0. The minimum absolute atomic E-state index is 0.515. The number of aromatic nitrogens is 2. The van der Waals surface area contributed by atoms with E-state index in [0.717, 1.165) is 6.42 Å². The molecule has 0 bridgehead atoms. The summed E-state index contributed by atoms with van der Waals surface area (Å²) in [4.78, 5) is 3.86. The summed E-state index contributed by atoms with van der Waals surface area (Å²) in [7, 11) is 0. The van der Waals surface area contributed by atoms with Crippen LogP contribution in [-0.2, 0) is 12.9 Å². The molecule has 0 spiro atoms. The van der Waals surface area contributed by atoms with Crippen molar-refractivity contribution in [3.63, 3.8) is 0 Å². The highest BCUT2D eigenvalue weighted by Gasteiger charge is 2.24. The quantitative estimate of drug-likeness (QED) is 0.667. The lowest BCUT2D eigenvalue weighted by molar-refractivity contribution is 0.442. The minimum atomic E-state index is -4.76. The summed E-state index contributed by atoms with van der Waals surface area (Å²) in [5.41, 5.74) is 0. The van der Waals surface area contributed by atoms with Gasteiger partial charge in [-0.3, -0.25) is 0 Å². The molecule has 0 atom stereocenters. The fourth-order valence-electron chi connectivity index (χ4n) is 1.18. The molecule has 0 unspecified atom stereocenters. The van der Waals surface area contributed by atoms with Crippen molar-refractivity contribution in [3.05, 3.63) is 18.2 Å². The molecule has 1 aromatic rings. The van der Waals surface area contributed by atoms with E-state index >= 15 is 0 Å². The van der Waals surface area contributed by atoms with Gasteiger partial charge in [-0.15, -0.1) is 0 Å². The second-order valence-corrected chi connectivity index (χ2v) is 2.96. The predicted molar refractivity (Wildman–Crippen MR) is 45.3 cm³/mol. The third-order valence-corrected chi connectivity index (χ3v) is 1.68. The monoisotopic (exact) mass is 191 g/mol. The first-order valence-corrected chi connectivity index (χ1v) is 4.24. The molecule has 6 heteroatoms. The molecule has 13 heavy (non-hydrogen) atoms. The topological polar surface area (TPSA) is 17.8 Å². The van der Waals surface area contributed by atoms with Gasteiger partial charge in [-0.2, -0.15) is 0 Å². The summed E-state index contributed by atoms with van der Waals surface area (Å²) < 4.78 is 37.3. The normalized spacial score (nSPS) is 12.0. The molecular weight excluding hydrogens is 180 g/mol. The van der Waals surface area contributed by atoms with Crippen LogP contribution in [0.5, 0.6) is 0 Å². The van der Waals surface area contributed by atoms with E-state index in [1.807, 2.05) is 6.92 Å². The Bertz CT molecular complexity index is 269. The van der Waals surface area contributed by atoms with Gasteiger partial charge in [0.1, 0.15) is 5.82 Å². The predicted octanol–water partition coefficient (Wildman–Crippen LogP) is 2.22. The molecule has 0 fully saturated rings. The van der Waals surface area contributed by atoms with E-state index in [1.165, 1.54) is 17.0 Å². The summed E-state index contributed by atoms with van der Waals surface area (Å²) in [5.74, 6) is 0.515. The van der Waals surface area contributed by atoms with Crippen LogP contribution in [0.4, 0.5) is 12.9 Å². The number of hydrogen-bond acceptors (Lipinski definition) is 1. The first-order chi connectivity index (χ1) is 6.03. The van der Waals surface area contributed by atoms with Gasteiger partial charge in [0.2, 0.25) is 0 Å². The Hall–Kier alpha value is -0.935. The van der Waals surface area contributed by atoms with Gasteiger partial charge in [-0.1, -0.05) is 6.92 Å². The fourth-order valence-corrected chi connectivity index (χ4v) is 1.18. The number of rotatable bonds is 4. The molecule has 0 aliphatic heterocycles. The largest absolute Gasteiger partial charge is 0.497 e. The number of aryl methyl sites for hydroxylation is 1. The summed E-state index contributed by atoms with van der Waals surface area (Å²) >= 11 is 0. The van der Waals surface area contributed by atoms with Gasteiger partial charge in [-0.05, 0) is 12.9 Å². The highest BCUT2D eigenvalue weighted by Crippen LogP contribution is 2.13. The van der Waals surface area contributed by atoms with E-state index in [9.17, 15) is 12.9 Å². The lowest BCUT2D eigenvalue weighted by Crippen LogP contribution is -2.25. The van der Waals surface area contributed by atoms with E-state index in [0.29, 0.717) is 12.2 Å². The number of hydrogen-bond donors (Lipinski definition) is 0. The fraction of sp³-hybridized carbons (Fsp3) is 0.571. The highest BCUT2D eigenvalue weighted by atomic mass is 19.4. The van der Waals surface area contributed by atoms with Crippen molar-refractivity contribution < 1.29 is 12.9 Å². The SMILES string of the molecule is CCCc1nccn1C[B-](F)(F)F. The molecule has 0 aromatic carbocycles. The van der Waals surface area contributed by atoms with Gasteiger partial charge in [0.15, 0.2) is 0 Å². The number of nitrogens with zero attached hydrogens (tertiary/aromatic N) is 2. The Kier molecular flexibility index (Phi) is 3.00. The van der Waals surface area contributed by atoms with Crippen LogP contribution in [0, 0.1) is 0 Å². The van der Waals surface area contributed by atoms with Gasteiger partial charge >= 0.3 is 6.98 Å². The van der Waals surface area contributed by atoms with Crippen molar-refractivity contribution >= 4 is 6.98 Å². The van der Waals surface area contributed by atoms with Gasteiger partial charge in [0.05, 0.1) is 0 Å². The highest BCUT2D eigenvalue weighted by molar-refractivity contribution is 6.57. The van der Waals surface area contributed by atoms with Crippen LogP contribution in [0.2, 0.25) is 0 Å². The standard InChI is InChI=1S/C7H11BF3N2/c1-2-3-7-12-4-5-13(7)6-8(9,10)11/h4-5H,2-3,6H2,1H3/q-1. The molecule has 0 saturated heterocycles. The molecule has 2 nitrogen and oxygen atoms in total. The van der Waals surface area contributed by atoms with E-state index in [4.69, 9.17) is 0 Å². The van der Waals surface area contributed by atoms with Crippen molar-refractivity contribution in [1.82, 2.24) is 9.55 Å². The average Bonchev–Trinajstić information content (AvgIpc) is 2.34. The molecule has 1 heterocycles. The summed E-state index contributed by atoms with van der Waals surface area (Å²) in [6.07, 6.45) is 3.31. The zero-order chi connectivity index (χ0) is 9.90. The van der Waals surface area contributed by atoms with Crippen LogP contribution in [0.25, 0.3) is 0 Å². The van der Waals surface area contributed by atoms with Gasteiger partial charge in [0.25, 0.3) is 0 Å². The lowest BCUT2D eigenvalue weighted by Gasteiger charge is -2.16. The molecule has 1 aromatic heterocycles. The van der Waals surface area contributed by atoms with Gasteiger partial charge in [-0.25, -0.2) is 4.98 Å². The molecule has 0 aliphatic carbocycles. The van der Waals surface area contributed by atoms with Crippen LogP contribution >= 0.6 is 0 Å². The third kappa shape index (κ3) is 3.12. The van der Waals surface area contributed by atoms with Crippen LogP contribution < -0.4 is 0 Å². The van der Waals surface area contributed by atoms with E-state index < -0.39 is 13.4 Å². The zero-order valence-corrected chi connectivity index (χ0v) is 7.38. The molecular formula is C7H11BF3N2-. The van der Waals surface area contributed by atoms with Crippen LogP contribution in [0.1, 0.15) is 19.2 Å². The first-order valence-electron chi connectivity index (χ1n) is 4.24. The van der Waals surface area contributed by atoms with Crippen molar-refractivity contribution in [3.8, 4) is 0 Å². The third-order valence-electron chi connectivity index (χ3n) is 1.68. The first kappa shape index (κ1) is 10.1. The maximum absolute atomic E-state index is 12.1. The van der Waals surface area contributed by atoms with Gasteiger partial charge in [0, 0.05) is 18.8 Å². The maximum atomic E-state index is 12.1. The van der Waals surface area contributed by atoms with Crippen molar-refractivity contribution in [1.29, 1.82) is 0 Å².